The Labute approximate surface area is 155 Å². The van der Waals surface area contributed by atoms with E-state index in [9.17, 15) is 13.2 Å². The summed E-state index contributed by atoms with van der Waals surface area (Å²) in [5, 5.41) is 3.12. The van der Waals surface area contributed by atoms with Gasteiger partial charge in [0.15, 0.2) is 21.1 Å². The van der Waals surface area contributed by atoms with Crippen LogP contribution in [0.3, 0.4) is 0 Å². The summed E-state index contributed by atoms with van der Waals surface area (Å²) < 4.78 is 29.6. The van der Waals surface area contributed by atoms with Gasteiger partial charge in [0.2, 0.25) is 0 Å². The highest BCUT2D eigenvalue weighted by atomic mass is 32.2. The highest BCUT2D eigenvalue weighted by Crippen LogP contribution is 2.28. The number of thiazole rings is 1. The van der Waals surface area contributed by atoms with Crippen LogP contribution in [-0.2, 0) is 14.6 Å². The highest BCUT2D eigenvalue weighted by molar-refractivity contribution is 7.90. The van der Waals surface area contributed by atoms with Gasteiger partial charge in [0, 0.05) is 6.26 Å². The molecular weight excluding hydrogens is 372 g/mol. The van der Waals surface area contributed by atoms with E-state index in [-0.39, 0.29) is 10.8 Å². The molecule has 0 unspecified atom stereocenters. The summed E-state index contributed by atoms with van der Waals surface area (Å²) in [6, 6.07) is 12.2. The Kier molecular flexibility index (Phi) is 4.97. The van der Waals surface area contributed by atoms with Crippen molar-refractivity contribution in [3.63, 3.8) is 0 Å². The summed E-state index contributed by atoms with van der Waals surface area (Å²) in [5.74, 6) is 0.295. The predicted molar refractivity (Wildman–Crippen MR) is 103 cm³/mol. The number of aromatic nitrogens is 1. The molecule has 1 aromatic heterocycles. The van der Waals surface area contributed by atoms with Crippen LogP contribution in [0.1, 0.15) is 12.5 Å². The summed E-state index contributed by atoms with van der Waals surface area (Å²) in [6.07, 6.45) is 0.456. The fourth-order valence-corrected chi connectivity index (χ4v) is 3.97. The number of benzene rings is 2. The zero-order valence-electron chi connectivity index (χ0n) is 14.5. The van der Waals surface area contributed by atoms with Gasteiger partial charge in [0.25, 0.3) is 5.91 Å². The van der Waals surface area contributed by atoms with Crippen molar-refractivity contribution in [2.45, 2.75) is 24.8 Å². The van der Waals surface area contributed by atoms with Crippen LogP contribution in [0.5, 0.6) is 5.75 Å². The summed E-state index contributed by atoms with van der Waals surface area (Å²) in [4.78, 5) is 16.9. The van der Waals surface area contributed by atoms with Gasteiger partial charge in [-0.15, -0.1) is 0 Å². The molecule has 1 amide bonds. The van der Waals surface area contributed by atoms with Gasteiger partial charge in [-0.3, -0.25) is 10.1 Å². The first-order valence-electron chi connectivity index (χ1n) is 7.87. The lowest BCUT2D eigenvalue weighted by Crippen LogP contribution is -2.30. The molecule has 0 spiro atoms. The van der Waals surface area contributed by atoms with E-state index in [0.717, 1.165) is 11.8 Å². The van der Waals surface area contributed by atoms with Crippen LogP contribution in [-0.4, -0.2) is 31.7 Å². The van der Waals surface area contributed by atoms with Crippen LogP contribution in [0.25, 0.3) is 10.2 Å². The third-order valence-electron chi connectivity index (χ3n) is 3.69. The molecule has 0 saturated carbocycles. The second-order valence-corrected chi connectivity index (χ2v) is 9.03. The van der Waals surface area contributed by atoms with Gasteiger partial charge in [-0.2, -0.15) is 0 Å². The fraction of sp³-hybridized carbons (Fsp3) is 0.222. The molecule has 0 aliphatic carbocycles. The van der Waals surface area contributed by atoms with Crippen molar-refractivity contribution in [2.75, 3.05) is 11.6 Å². The summed E-state index contributed by atoms with van der Waals surface area (Å²) >= 11 is 1.22. The molecule has 6 nitrogen and oxygen atoms in total. The first kappa shape index (κ1) is 18.3. The topological polar surface area (TPSA) is 85.4 Å². The average molecular weight is 390 g/mol. The van der Waals surface area contributed by atoms with E-state index in [1.165, 1.54) is 17.4 Å². The number of nitrogens with one attached hydrogen (secondary N) is 1. The number of carbonyl (C=O) groups is 1. The lowest BCUT2D eigenvalue weighted by Gasteiger charge is -2.13. The number of amides is 1. The summed E-state index contributed by atoms with van der Waals surface area (Å²) in [6.45, 7) is 3.61. The van der Waals surface area contributed by atoms with Crippen LogP contribution in [0.2, 0.25) is 0 Å². The first-order valence-corrected chi connectivity index (χ1v) is 10.6. The van der Waals surface area contributed by atoms with Crippen LogP contribution < -0.4 is 10.1 Å². The number of fused-ring (bicyclic) bond motifs is 1. The van der Waals surface area contributed by atoms with Crippen molar-refractivity contribution >= 4 is 42.4 Å². The SMILES string of the molecule is Cc1cccc(O[C@@H](C)C(=O)Nc2nc3ccc(S(C)(=O)=O)cc3s2)c1. The van der Waals surface area contributed by atoms with E-state index in [1.807, 2.05) is 25.1 Å². The number of carbonyl (C=O) groups excluding carboxylic acids is 1. The first-order chi connectivity index (χ1) is 12.2. The highest BCUT2D eigenvalue weighted by Gasteiger charge is 2.17. The van der Waals surface area contributed by atoms with Gasteiger partial charge in [-0.1, -0.05) is 23.5 Å². The number of rotatable bonds is 5. The van der Waals surface area contributed by atoms with Crippen LogP contribution >= 0.6 is 11.3 Å². The molecule has 0 aliphatic heterocycles. The van der Waals surface area contributed by atoms with Crippen molar-refractivity contribution in [1.82, 2.24) is 4.98 Å². The van der Waals surface area contributed by atoms with Crippen molar-refractivity contribution in [2.24, 2.45) is 0 Å². The smallest absolute Gasteiger partial charge is 0.266 e. The minimum absolute atomic E-state index is 0.225. The Hall–Kier alpha value is -2.45. The normalized spacial score (nSPS) is 12.7. The number of sulfone groups is 1. The van der Waals surface area contributed by atoms with E-state index in [4.69, 9.17) is 4.74 Å². The Morgan fingerprint density at radius 1 is 1.23 bits per heavy atom. The van der Waals surface area contributed by atoms with Gasteiger partial charge in [0.1, 0.15) is 5.75 Å². The average Bonchev–Trinajstić information content (AvgIpc) is 2.95. The lowest BCUT2D eigenvalue weighted by atomic mass is 10.2. The van der Waals surface area contributed by atoms with Gasteiger partial charge in [-0.25, -0.2) is 13.4 Å². The Balaban J connectivity index is 1.74. The molecule has 136 valence electrons. The second kappa shape index (κ2) is 7.05. The minimum Gasteiger partial charge on any atom is -0.481 e. The Morgan fingerprint density at radius 3 is 2.69 bits per heavy atom. The molecule has 1 atom stereocenters. The maximum absolute atomic E-state index is 12.3. The van der Waals surface area contributed by atoms with Crippen molar-refractivity contribution in [3.05, 3.63) is 48.0 Å². The zero-order valence-corrected chi connectivity index (χ0v) is 16.1. The van der Waals surface area contributed by atoms with E-state index in [1.54, 1.807) is 25.1 Å². The lowest BCUT2D eigenvalue weighted by molar-refractivity contribution is -0.122. The van der Waals surface area contributed by atoms with Gasteiger partial charge >= 0.3 is 0 Å². The largest absolute Gasteiger partial charge is 0.481 e. The van der Waals surface area contributed by atoms with E-state index in [2.05, 4.69) is 10.3 Å². The van der Waals surface area contributed by atoms with Crippen LogP contribution in [0.15, 0.2) is 47.4 Å². The molecule has 1 heterocycles. The van der Waals surface area contributed by atoms with Gasteiger partial charge in [-0.05, 0) is 49.7 Å². The maximum Gasteiger partial charge on any atom is 0.266 e. The number of anilines is 1. The monoisotopic (exact) mass is 390 g/mol. The van der Waals surface area contributed by atoms with Gasteiger partial charge in [0.05, 0.1) is 15.1 Å². The van der Waals surface area contributed by atoms with Gasteiger partial charge < -0.3 is 4.74 Å². The summed E-state index contributed by atoms with van der Waals surface area (Å²) in [5.41, 5.74) is 1.67. The molecular formula is C18H18N2O4S2. The molecule has 0 bridgehead atoms. The zero-order chi connectivity index (χ0) is 18.9. The molecule has 0 radical (unpaired) electrons. The molecule has 0 fully saturated rings. The second-order valence-electron chi connectivity index (χ2n) is 5.99. The Bertz CT molecular complexity index is 1070. The van der Waals surface area contributed by atoms with Crippen molar-refractivity contribution in [1.29, 1.82) is 0 Å². The van der Waals surface area contributed by atoms with E-state index >= 15 is 0 Å². The van der Waals surface area contributed by atoms with E-state index in [0.29, 0.717) is 21.1 Å². The molecule has 26 heavy (non-hydrogen) atoms. The standard InChI is InChI=1S/C18H18N2O4S2/c1-11-5-4-6-13(9-11)24-12(2)17(21)20-18-19-15-8-7-14(26(3,22)23)10-16(15)25-18/h4-10,12H,1-3H3,(H,19,20,21)/t12-/m0/s1. The quantitative estimate of drug-likeness (QED) is 0.721. The summed E-state index contributed by atoms with van der Waals surface area (Å²) in [7, 11) is -3.29. The number of ether oxygens (including phenoxy) is 1. The van der Waals surface area contributed by atoms with Crippen molar-refractivity contribution in [3.8, 4) is 5.75 Å². The van der Waals surface area contributed by atoms with Crippen LogP contribution in [0.4, 0.5) is 5.13 Å². The minimum atomic E-state index is -3.29. The third-order valence-corrected chi connectivity index (χ3v) is 5.73. The molecule has 0 saturated heterocycles. The maximum atomic E-state index is 12.3. The van der Waals surface area contributed by atoms with Crippen LogP contribution in [0, 0.1) is 6.92 Å². The molecule has 3 rings (SSSR count). The number of nitrogens with zero attached hydrogens (tertiary/aromatic N) is 1. The predicted octanol–water partition coefficient (Wildman–Crippen LogP) is 3.41. The Morgan fingerprint density at radius 2 is 2.00 bits per heavy atom. The molecule has 3 aromatic rings. The number of hydrogen-bond acceptors (Lipinski definition) is 6. The molecule has 1 N–H and O–H groups in total. The number of aryl methyl sites for hydroxylation is 1. The number of hydrogen-bond donors (Lipinski definition) is 1. The third kappa shape index (κ3) is 4.20. The van der Waals surface area contributed by atoms with Crippen molar-refractivity contribution < 1.29 is 17.9 Å². The molecule has 2 aromatic carbocycles. The molecule has 8 heteroatoms. The fourth-order valence-electron chi connectivity index (χ4n) is 2.34. The van der Waals surface area contributed by atoms with E-state index < -0.39 is 15.9 Å². The molecule has 0 aliphatic rings.